The number of piperidine rings is 1. The van der Waals surface area contributed by atoms with Gasteiger partial charge in [0.15, 0.2) is 11.5 Å². The molecule has 0 aliphatic carbocycles. The van der Waals surface area contributed by atoms with Gasteiger partial charge in [0.05, 0.1) is 22.7 Å². The summed E-state index contributed by atoms with van der Waals surface area (Å²) in [4.78, 5) is 25.8. The normalized spacial score (nSPS) is 14.9. The van der Waals surface area contributed by atoms with E-state index in [-0.39, 0.29) is 18.1 Å². The number of aromatic nitrogens is 3. The molecule has 3 aromatic rings. The second kappa shape index (κ2) is 7.86. The fraction of sp³-hybridized carbons (Fsp3) is 0.350. The number of benzene rings is 1. The summed E-state index contributed by atoms with van der Waals surface area (Å²) in [5.41, 5.74) is 1.63. The molecule has 9 heteroatoms. The lowest BCUT2D eigenvalue weighted by Gasteiger charge is -2.33. The zero-order chi connectivity index (χ0) is 20.4. The van der Waals surface area contributed by atoms with E-state index >= 15 is 0 Å². The van der Waals surface area contributed by atoms with Gasteiger partial charge in [0, 0.05) is 31.4 Å². The van der Waals surface area contributed by atoms with Crippen LogP contribution >= 0.6 is 0 Å². The summed E-state index contributed by atoms with van der Waals surface area (Å²) in [7, 11) is 0. The highest BCUT2D eigenvalue weighted by atomic mass is 16.6. The monoisotopic (exact) mass is 394 g/mol. The molecule has 2 aromatic heterocycles. The van der Waals surface area contributed by atoms with Gasteiger partial charge < -0.3 is 10.2 Å². The average Bonchev–Trinajstić information content (AvgIpc) is 3.15. The fourth-order valence-corrected chi connectivity index (χ4v) is 3.61. The predicted octanol–water partition coefficient (Wildman–Crippen LogP) is 2.80. The standard InChI is InChI=1S/C20H22N6O3/c1-14-7-10-24(11-8-14)17-6-5-15(26(28)29)12-16(17)20(27)21-13-19-23-22-18-4-2-3-9-25(18)19/h2-6,9,12,14H,7-8,10-11,13H2,1H3,(H,21,27). The summed E-state index contributed by atoms with van der Waals surface area (Å²) in [5, 5.41) is 22.2. The number of amides is 1. The molecule has 9 nitrogen and oxygen atoms in total. The molecule has 1 aliphatic rings. The van der Waals surface area contributed by atoms with Gasteiger partial charge in [-0.2, -0.15) is 0 Å². The second-order valence-electron chi connectivity index (χ2n) is 7.36. The summed E-state index contributed by atoms with van der Waals surface area (Å²) in [6.45, 7) is 4.04. The number of nitro benzene ring substituents is 1. The topological polar surface area (TPSA) is 106 Å². The molecule has 1 aromatic carbocycles. The second-order valence-corrected chi connectivity index (χ2v) is 7.36. The van der Waals surface area contributed by atoms with Gasteiger partial charge in [0.25, 0.3) is 11.6 Å². The first-order chi connectivity index (χ1) is 14.0. The molecular weight excluding hydrogens is 372 g/mol. The SMILES string of the molecule is CC1CCN(c2ccc([N+](=O)[O-])cc2C(=O)NCc2nnc3ccccn23)CC1. The Morgan fingerprint density at radius 1 is 1.24 bits per heavy atom. The maximum atomic E-state index is 13.0. The smallest absolute Gasteiger partial charge is 0.270 e. The Balaban J connectivity index is 1.58. The molecule has 150 valence electrons. The van der Waals surface area contributed by atoms with Crippen molar-refractivity contribution < 1.29 is 9.72 Å². The molecule has 1 amide bonds. The maximum absolute atomic E-state index is 13.0. The van der Waals surface area contributed by atoms with E-state index < -0.39 is 4.92 Å². The van der Waals surface area contributed by atoms with Crippen molar-refractivity contribution in [1.29, 1.82) is 0 Å². The van der Waals surface area contributed by atoms with Crippen LogP contribution in [0.2, 0.25) is 0 Å². The van der Waals surface area contributed by atoms with E-state index in [9.17, 15) is 14.9 Å². The van der Waals surface area contributed by atoms with Crippen molar-refractivity contribution in [1.82, 2.24) is 19.9 Å². The minimum Gasteiger partial charge on any atom is -0.371 e. The lowest BCUT2D eigenvalue weighted by atomic mass is 9.98. The number of nitrogens with zero attached hydrogens (tertiary/aromatic N) is 5. The minimum atomic E-state index is -0.481. The largest absolute Gasteiger partial charge is 0.371 e. The summed E-state index contributed by atoms with van der Waals surface area (Å²) in [6, 6.07) is 10.0. The molecule has 0 atom stereocenters. The van der Waals surface area contributed by atoms with Crippen LogP contribution < -0.4 is 10.2 Å². The number of carbonyl (C=O) groups is 1. The summed E-state index contributed by atoms with van der Waals surface area (Å²) in [5.74, 6) is 0.866. The van der Waals surface area contributed by atoms with Gasteiger partial charge in [-0.3, -0.25) is 19.3 Å². The summed E-state index contributed by atoms with van der Waals surface area (Å²) < 4.78 is 1.79. The third-order valence-electron chi connectivity index (χ3n) is 5.35. The number of hydrogen-bond donors (Lipinski definition) is 1. The van der Waals surface area contributed by atoms with Crippen LogP contribution in [0.15, 0.2) is 42.6 Å². The molecule has 3 heterocycles. The molecule has 1 N–H and O–H groups in total. The Labute approximate surface area is 167 Å². The van der Waals surface area contributed by atoms with Crippen LogP contribution in [-0.4, -0.2) is 38.5 Å². The number of anilines is 1. The molecule has 0 bridgehead atoms. The molecule has 0 spiro atoms. The van der Waals surface area contributed by atoms with Crippen molar-refractivity contribution >= 4 is 22.9 Å². The first kappa shape index (κ1) is 18.9. The maximum Gasteiger partial charge on any atom is 0.270 e. The molecule has 4 rings (SSSR count). The Morgan fingerprint density at radius 3 is 2.79 bits per heavy atom. The van der Waals surface area contributed by atoms with Crippen LogP contribution in [0.3, 0.4) is 0 Å². The van der Waals surface area contributed by atoms with E-state index in [1.165, 1.54) is 12.1 Å². The van der Waals surface area contributed by atoms with Crippen LogP contribution in [0.1, 0.15) is 35.9 Å². The van der Waals surface area contributed by atoms with E-state index in [0.717, 1.165) is 31.6 Å². The number of nitrogens with one attached hydrogen (secondary N) is 1. The summed E-state index contributed by atoms with van der Waals surface area (Å²) >= 11 is 0. The Morgan fingerprint density at radius 2 is 2.03 bits per heavy atom. The highest BCUT2D eigenvalue weighted by molar-refractivity contribution is 6.00. The van der Waals surface area contributed by atoms with Crippen LogP contribution in [-0.2, 0) is 6.54 Å². The van der Waals surface area contributed by atoms with Gasteiger partial charge in [-0.15, -0.1) is 10.2 Å². The molecule has 0 saturated carbocycles. The number of nitro groups is 1. The van der Waals surface area contributed by atoms with E-state index in [4.69, 9.17) is 0 Å². The lowest BCUT2D eigenvalue weighted by Crippen LogP contribution is -2.35. The van der Waals surface area contributed by atoms with E-state index in [2.05, 4.69) is 27.3 Å². The zero-order valence-electron chi connectivity index (χ0n) is 16.1. The van der Waals surface area contributed by atoms with Crippen molar-refractivity contribution in [3.63, 3.8) is 0 Å². The van der Waals surface area contributed by atoms with Crippen molar-refractivity contribution in [3.05, 3.63) is 64.1 Å². The molecular formula is C20H22N6O3. The molecule has 1 aliphatic heterocycles. The van der Waals surface area contributed by atoms with Gasteiger partial charge in [-0.05, 0) is 37.0 Å². The highest BCUT2D eigenvalue weighted by Crippen LogP contribution is 2.29. The fourth-order valence-electron chi connectivity index (χ4n) is 3.61. The Hall–Kier alpha value is -3.49. The Bertz CT molecular complexity index is 1060. The quantitative estimate of drug-likeness (QED) is 0.527. The number of fused-ring (bicyclic) bond motifs is 1. The van der Waals surface area contributed by atoms with Crippen molar-refractivity contribution in [2.45, 2.75) is 26.3 Å². The average molecular weight is 394 g/mol. The third kappa shape index (κ3) is 3.89. The summed E-state index contributed by atoms with van der Waals surface area (Å²) in [6.07, 6.45) is 3.89. The molecule has 0 radical (unpaired) electrons. The zero-order valence-corrected chi connectivity index (χ0v) is 16.1. The predicted molar refractivity (Wildman–Crippen MR) is 108 cm³/mol. The number of hydrogen-bond acceptors (Lipinski definition) is 6. The van der Waals surface area contributed by atoms with Crippen LogP contribution in [0, 0.1) is 16.0 Å². The first-order valence-electron chi connectivity index (χ1n) is 9.63. The van der Waals surface area contributed by atoms with Gasteiger partial charge in [0.1, 0.15) is 0 Å². The third-order valence-corrected chi connectivity index (χ3v) is 5.35. The van der Waals surface area contributed by atoms with E-state index in [0.29, 0.717) is 23.0 Å². The molecule has 29 heavy (non-hydrogen) atoms. The van der Waals surface area contributed by atoms with Crippen molar-refractivity contribution in [2.75, 3.05) is 18.0 Å². The molecule has 0 unspecified atom stereocenters. The van der Waals surface area contributed by atoms with Gasteiger partial charge in [-0.25, -0.2) is 0 Å². The first-order valence-corrected chi connectivity index (χ1v) is 9.63. The molecule has 1 fully saturated rings. The van der Waals surface area contributed by atoms with Crippen LogP contribution in [0.25, 0.3) is 5.65 Å². The van der Waals surface area contributed by atoms with Crippen LogP contribution in [0.5, 0.6) is 0 Å². The van der Waals surface area contributed by atoms with Gasteiger partial charge in [-0.1, -0.05) is 13.0 Å². The lowest BCUT2D eigenvalue weighted by molar-refractivity contribution is -0.384. The van der Waals surface area contributed by atoms with Gasteiger partial charge >= 0.3 is 0 Å². The van der Waals surface area contributed by atoms with Crippen molar-refractivity contribution in [3.8, 4) is 0 Å². The number of non-ortho nitro benzene ring substituents is 1. The molecule has 1 saturated heterocycles. The van der Waals surface area contributed by atoms with E-state index in [1.54, 1.807) is 10.5 Å². The minimum absolute atomic E-state index is 0.0998. The van der Waals surface area contributed by atoms with Crippen LogP contribution in [0.4, 0.5) is 11.4 Å². The van der Waals surface area contributed by atoms with Crippen molar-refractivity contribution in [2.24, 2.45) is 5.92 Å². The van der Waals surface area contributed by atoms with Gasteiger partial charge in [0.2, 0.25) is 0 Å². The highest BCUT2D eigenvalue weighted by Gasteiger charge is 2.23. The van der Waals surface area contributed by atoms with E-state index in [1.807, 2.05) is 24.4 Å². The number of rotatable bonds is 5. The Kier molecular flexibility index (Phi) is 5.11. The number of pyridine rings is 1. The number of carbonyl (C=O) groups excluding carboxylic acids is 1.